The van der Waals surface area contributed by atoms with Gasteiger partial charge in [0.05, 0.1) is 25.5 Å². The Kier molecular flexibility index (Phi) is 9.66. The van der Waals surface area contributed by atoms with E-state index in [4.69, 9.17) is 14.6 Å². The van der Waals surface area contributed by atoms with Crippen molar-refractivity contribution in [2.45, 2.75) is 62.8 Å². The smallest absolute Gasteiger partial charge is 0.246 e. The summed E-state index contributed by atoms with van der Waals surface area (Å²) in [6.07, 6.45) is 9.08. The van der Waals surface area contributed by atoms with Gasteiger partial charge in [-0.1, -0.05) is 44.2 Å². The Morgan fingerprint density at radius 3 is 2.49 bits per heavy atom. The zero-order valence-corrected chi connectivity index (χ0v) is 24.4. The van der Waals surface area contributed by atoms with Gasteiger partial charge in [0.1, 0.15) is 6.04 Å². The molecule has 1 aliphatic rings. The molecule has 1 fully saturated rings. The van der Waals surface area contributed by atoms with Crippen LogP contribution in [-0.2, 0) is 21.2 Å². The molecule has 0 unspecified atom stereocenters. The Labute approximate surface area is 240 Å². The highest BCUT2D eigenvalue weighted by Crippen LogP contribution is 2.30. The molecule has 11 nitrogen and oxygen atoms in total. The van der Waals surface area contributed by atoms with E-state index in [0.29, 0.717) is 35.1 Å². The van der Waals surface area contributed by atoms with Gasteiger partial charge >= 0.3 is 0 Å². The summed E-state index contributed by atoms with van der Waals surface area (Å²) in [5, 5.41) is 11.4. The highest BCUT2D eigenvalue weighted by Gasteiger charge is 2.27. The Bertz CT molecular complexity index is 1500. The van der Waals surface area contributed by atoms with E-state index in [2.05, 4.69) is 15.6 Å². The zero-order valence-electron chi connectivity index (χ0n) is 23.6. The number of anilines is 2. The molecule has 3 aromatic rings. The normalized spacial score (nSPS) is 14.7. The second kappa shape index (κ2) is 13.2. The molecule has 1 heterocycles. The molecule has 1 atom stereocenters. The fourth-order valence-electron chi connectivity index (χ4n) is 5.14. The molecule has 2 aromatic carbocycles. The number of hydrogen-bond acceptors (Lipinski definition) is 8. The van der Waals surface area contributed by atoms with Crippen LogP contribution in [0.4, 0.5) is 11.6 Å². The minimum atomic E-state index is -3.94. The Morgan fingerprint density at radius 1 is 1.07 bits per heavy atom. The van der Waals surface area contributed by atoms with Crippen LogP contribution in [0.1, 0.15) is 54.4 Å². The van der Waals surface area contributed by atoms with Gasteiger partial charge in [0, 0.05) is 18.1 Å². The Balaban J connectivity index is 1.56. The van der Waals surface area contributed by atoms with Gasteiger partial charge in [0.25, 0.3) is 0 Å². The highest BCUT2D eigenvalue weighted by molar-refractivity contribution is 7.89. The first kappa shape index (κ1) is 30.1. The van der Waals surface area contributed by atoms with E-state index in [-0.39, 0.29) is 29.1 Å². The van der Waals surface area contributed by atoms with Crippen molar-refractivity contribution in [2.75, 3.05) is 24.9 Å². The lowest BCUT2D eigenvalue weighted by molar-refractivity contribution is -0.117. The van der Waals surface area contributed by atoms with Crippen molar-refractivity contribution in [1.82, 2.24) is 9.55 Å². The maximum absolute atomic E-state index is 13.6. The number of benzene rings is 2. The summed E-state index contributed by atoms with van der Waals surface area (Å²) in [6, 6.07) is 8.92. The first-order chi connectivity index (χ1) is 19.6. The number of nitrogens with zero attached hydrogens (tertiary/aromatic N) is 2. The molecule has 12 heteroatoms. The molecule has 4 rings (SSSR count). The third-order valence-corrected chi connectivity index (χ3v) is 8.33. The Morgan fingerprint density at radius 2 is 1.80 bits per heavy atom. The standard InChI is InChI=1S/C29H37N5O6S/c1-19-9-11-22(41(30,37)38)18-23(19)32-28(36)24(15-20-7-5-4-6-8-20)33-29-31-13-14-34(29)27(35)17-21-10-12-25(39-2)26(16-21)40-3/h9-14,16,18,20,24H,4-8,15,17H2,1-3H3,(H,31,33)(H,32,36)(H2,30,37,38)/t24-/m1/s1. The number of ether oxygens (including phenoxy) is 2. The van der Waals surface area contributed by atoms with Gasteiger partial charge in [-0.2, -0.15) is 0 Å². The molecular weight excluding hydrogens is 546 g/mol. The molecule has 41 heavy (non-hydrogen) atoms. The van der Waals surface area contributed by atoms with Crippen LogP contribution in [0.3, 0.4) is 0 Å². The lowest BCUT2D eigenvalue weighted by Crippen LogP contribution is -2.38. The number of nitrogens with two attached hydrogens (primary N) is 1. The zero-order chi connectivity index (χ0) is 29.6. The number of aromatic nitrogens is 2. The number of carbonyl (C=O) groups excluding carboxylic acids is 2. The molecule has 0 bridgehead atoms. The number of methoxy groups -OCH3 is 2. The number of rotatable bonds is 11. The number of amides is 1. The third kappa shape index (κ3) is 7.65. The summed E-state index contributed by atoms with van der Waals surface area (Å²) in [4.78, 5) is 31.2. The van der Waals surface area contributed by atoms with Gasteiger partial charge in [-0.25, -0.2) is 18.5 Å². The van der Waals surface area contributed by atoms with Gasteiger partial charge in [0.15, 0.2) is 11.5 Å². The van der Waals surface area contributed by atoms with Gasteiger partial charge in [-0.3, -0.25) is 14.2 Å². The van der Waals surface area contributed by atoms with Gasteiger partial charge in [-0.15, -0.1) is 0 Å². The van der Waals surface area contributed by atoms with Gasteiger partial charge in [0.2, 0.25) is 27.8 Å². The first-order valence-corrected chi connectivity index (χ1v) is 15.1. The van der Waals surface area contributed by atoms with Crippen LogP contribution in [0, 0.1) is 12.8 Å². The summed E-state index contributed by atoms with van der Waals surface area (Å²) in [5.74, 6) is 1.07. The van der Waals surface area contributed by atoms with Crippen molar-refractivity contribution in [2.24, 2.45) is 11.1 Å². The topological polar surface area (TPSA) is 155 Å². The average Bonchev–Trinajstić information content (AvgIpc) is 3.42. The van der Waals surface area contributed by atoms with Crippen molar-refractivity contribution in [3.8, 4) is 11.5 Å². The summed E-state index contributed by atoms with van der Waals surface area (Å²) >= 11 is 0. The van der Waals surface area contributed by atoms with Crippen molar-refractivity contribution in [3.63, 3.8) is 0 Å². The quantitative estimate of drug-likeness (QED) is 0.304. The lowest BCUT2D eigenvalue weighted by atomic mass is 9.84. The molecule has 0 radical (unpaired) electrons. The van der Waals surface area contributed by atoms with E-state index in [1.165, 1.54) is 36.4 Å². The molecule has 0 aliphatic heterocycles. The first-order valence-electron chi connectivity index (χ1n) is 13.6. The summed E-state index contributed by atoms with van der Waals surface area (Å²) < 4.78 is 35.8. The lowest BCUT2D eigenvalue weighted by Gasteiger charge is -2.27. The second-order valence-corrected chi connectivity index (χ2v) is 11.9. The van der Waals surface area contributed by atoms with Crippen LogP contribution >= 0.6 is 0 Å². The minimum Gasteiger partial charge on any atom is -0.493 e. The number of carbonyl (C=O) groups is 2. The molecule has 4 N–H and O–H groups in total. The van der Waals surface area contributed by atoms with Crippen LogP contribution in [0.25, 0.3) is 0 Å². The SMILES string of the molecule is COc1ccc(CC(=O)n2ccnc2N[C@H](CC2CCCCC2)C(=O)Nc2cc(S(N)(=O)=O)ccc2C)cc1OC. The van der Waals surface area contributed by atoms with E-state index in [9.17, 15) is 18.0 Å². The molecule has 0 spiro atoms. The fourth-order valence-corrected chi connectivity index (χ4v) is 5.68. The molecular formula is C29H37N5O6S. The van der Waals surface area contributed by atoms with E-state index >= 15 is 0 Å². The predicted octanol–water partition coefficient (Wildman–Crippen LogP) is 4.13. The average molecular weight is 584 g/mol. The number of primary sulfonamides is 1. The maximum Gasteiger partial charge on any atom is 0.246 e. The number of imidazole rings is 1. The molecule has 1 saturated carbocycles. The summed E-state index contributed by atoms with van der Waals surface area (Å²) in [5.41, 5.74) is 1.77. The molecule has 1 aromatic heterocycles. The maximum atomic E-state index is 13.6. The van der Waals surface area contributed by atoms with E-state index in [1.54, 1.807) is 44.5 Å². The molecule has 1 amide bonds. The fraction of sp³-hybridized carbons (Fsp3) is 0.414. The van der Waals surface area contributed by atoms with Crippen LogP contribution in [0.5, 0.6) is 11.5 Å². The van der Waals surface area contributed by atoms with Crippen LogP contribution < -0.4 is 25.2 Å². The van der Waals surface area contributed by atoms with Crippen molar-refractivity contribution in [3.05, 3.63) is 59.9 Å². The van der Waals surface area contributed by atoms with Crippen molar-refractivity contribution >= 4 is 33.5 Å². The van der Waals surface area contributed by atoms with Crippen LogP contribution in [0.2, 0.25) is 0 Å². The summed E-state index contributed by atoms with van der Waals surface area (Å²) in [7, 11) is -0.865. The molecule has 1 aliphatic carbocycles. The van der Waals surface area contributed by atoms with Crippen LogP contribution in [-0.4, -0.2) is 50.0 Å². The second-order valence-electron chi connectivity index (χ2n) is 10.3. The van der Waals surface area contributed by atoms with Crippen molar-refractivity contribution in [1.29, 1.82) is 0 Å². The highest BCUT2D eigenvalue weighted by atomic mass is 32.2. The van der Waals surface area contributed by atoms with Gasteiger partial charge in [-0.05, 0) is 54.7 Å². The van der Waals surface area contributed by atoms with E-state index in [0.717, 1.165) is 31.2 Å². The van der Waals surface area contributed by atoms with E-state index in [1.807, 2.05) is 0 Å². The third-order valence-electron chi connectivity index (χ3n) is 7.42. The van der Waals surface area contributed by atoms with Crippen molar-refractivity contribution < 1.29 is 27.5 Å². The Hall–Kier alpha value is -3.90. The monoisotopic (exact) mass is 583 g/mol. The van der Waals surface area contributed by atoms with E-state index < -0.39 is 16.1 Å². The van der Waals surface area contributed by atoms with Gasteiger partial charge < -0.3 is 20.1 Å². The van der Waals surface area contributed by atoms with Crippen LogP contribution in [0.15, 0.2) is 53.7 Å². The number of nitrogens with one attached hydrogen (secondary N) is 2. The molecule has 0 saturated heterocycles. The predicted molar refractivity (Wildman–Crippen MR) is 156 cm³/mol. The molecule has 220 valence electrons. The summed E-state index contributed by atoms with van der Waals surface area (Å²) in [6.45, 7) is 1.77. The minimum absolute atomic E-state index is 0.0738. The largest absolute Gasteiger partial charge is 0.493 e. The number of sulfonamides is 1. The number of hydrogen-bond donors (Lipinski definition) is 3. The number of aryl methyl sites for hydroxylation is 1.